The van der Waals surface area contributed by atoms with Gasteiger partial charge in [-0.1, -0.05) is 66.0 Å². The molecule has 0 fully saturated rings. The molecular weight excluding hydrogens is 577 g/mol. The van der Waals surface area contributed by atoms with Crippen LogP contribution in [-0.4, -0.2) is 50.5 Å². The quantitative estimate of drug-likeness (QED) is 0.385. The molecule has 2 rings (SSSR count). The van der Waals surface area contributed by atoms with Gasteiger partial charge in [-0.15, -0.1) is 0 Å². The number of rotatable bonds is 11. The molecule has 0 aliphatic heterocycles. The second kappa shape index (κ2) is 12.9. The highest BCUT2D eigenvalue weighted by Crippen LogP contribution is 2.25. The molecule has 0 radical (unpaired) electrons. The van der Waals surface area contributed by atoms with E-state index in [0.29, 0.717) is 34.3 Å². The highest BCUT2D eigenvalue weighted by molar-refractivity contribution is 9.10. The normalized spacial score (nSPS) is 12.3. The van der Waals surface area contributed by atoms with Gasteiger partial charge < -0.3 is 10.2 Å². The third kappa shape index (κ3) is 8.66. The Morgan fingerprint density at radius 3 is 2.20 bits per heavy atom. The Kier molecular flexibility index (Phi) is 10.9. The first kappa shape index (κ1) is 29.4. The predicted molar refractivity (Wildman–Crippen MR) is 145 cm³/mol. The van der Waals surface area contributed by atoms with Gasteiger partial charge in [0.2, 0.25) is 21.8 Å². The minimum absolute atomic E-state index is 0.0568. The Morgan fingerprint density at radius 2 is 1.69 bits per heavy atom. The molecular formula is C24H30BrCl2N3O4S. The fourth-order valence-electron chi connectivity index (χ4n) is 3.40. The number of hydrogen-bond acceptors (Lipinski definition) is 4. The first-order valence-electron chi connectivity index (χ1n) is 11.1. The smallest absolute Gasteiger partial charge is 0.244 e. The molecule has 192 valence electrons. The molecule has 0 spiro atoms. The summed E-state index contributed by atoms with van der Waals surface area (Å²) in [7, 11) is -3.79. The summed E-state index contributed by atoms with van der Waals surface area (Å²) in [6.45, 7) is 5.80. The van der Waals surface area contributed by atoms with E-state index in [1.54, 1.807) is 49.4 Å². The molecule has 0 aliphatic rings. The van der Waals surface area contributed by atoms with Crippen molar-refractivity contribution < 1.29 is 18.0 Å². The van der Waals surface area contributed by atoms with Crippen molar-refractivity contribution in [2.24, 2.45) is 5.92 Å². The van der Waals surface area contributed by atoms with E-state index in [1.165, 1.54) is 4.90 Å². The molecule has 7 nitrogen and oxygen atoms in total. The molecule has 0 unspecified atom stereocenters. The van der Waals surface area contributed by atoms with Crippen LogP contribution in [0.1, 0.15) is 32.8 Å². The van der Waals surface area contributed by atoms with E-state index >= 15 is 0 Å². The van der Waals surface area contributed by atoms with Crippen molar-refractivity contribution in [3.63, 3.8) is 0 Å². The Hall–Kier alpha value is -1.81. The lowest BCUT2D eigenvalue weighted by Gasteiger charge is -2.33. The van der Waals surface area contributed by atoms with Crippen molar-refractivity contribution in [3.8, 4) is 0 Å². The van der Waals surface area contributed by atoms with Gasteiger partial charge in [0.1, 0.15) is 12.6 Å². The largest absolute Gasteiger partial charge is 0.354 e. The van der Waals surface area contributed by atoms with Crippen molar-refractivity contribution >= 4 is 66.7 Å². The molecule has 1 N–H and O–H groups in total. The number of halogens is 3. The van der Waals surface area contributed by atoms with Crippen LogP contribution in [0.2, 0.25) is 10.0 Å². The van der Waals surface area contributed by atoms with E-state index < -0.39 is 28.5 Å². The molecule has 35 heavy (non-hydrogen) atoms. The number of benzene rings is 2. The Labute approximate surface area is 225 Å². The third-order valence-corrected chi connectivity index (χ3v) is 7.61. The number of nitrogens with zero attached hydrogens (tertiary/aromatic N) is 2. The molecule has 0 saturated carbocycles. The topological polar surface area (TPSA) is 86.8 Å². The van der Waals surface area contributed by atoms with Crippen LogP contribution < -0.4 is 9.62 Å². The predicted octanol–water partition coefficient (Wildman–Crippen LogP) is 5.10. The second-order valence-corrected chi connectivity index (χ2v) is 12.2. The average Bonchev–Trinajstić information content (AvgIpc) is 2.78. The molecule has 2 aromatic rings. The monoisotopic (exact) mass is 605 g/mol. The summed E-state index contributed by atoms with van der Waals surface area (Å²) in [5.41, 5.74) is 1.01. The van der Waals surface area contributed by atoms with Gasteiger partial charge in [-0.2, -0.15) is 0 Å². The van der Waals surface area contributed by atoms with Crippen LogP contribution in [0.15, 0.2) is 46.9 Å². The molecule has 0 saturated heterocycles. The highest BCUT2D eigenvalue weighted by atomic mass is 79.9. The van der Waals surface area contributed by atoms with Gasteiger partial charge in [0, 0.05) is 17.6 Å². The van der Waals surface area contributed by atoms with Gasteiger partial charge in [0.15, 0.2) is 0 Å². The number of nitrogens with one attached hydrogen (secondary N) is 1. The van der Waals surface area contributed by atoms with E-state index in [0.717, 1.165) is 15.0 Å². The van der Waals surface area contributed by atoms with E-state index in [1.807, 2.05) is 13.8 Å². The van der Waals surface area contributed by atoms with E-state index in [4.69, 9.17) is 23.2 Å². The second-order valence-electron chi connectivity index (χ2n) is 8.58. The summed E-state index contributed by atoms with van der Waals surface area (Å²) in [4.78, 5) is 28.0. The van der Waals surface area contributed by atoms with Crippen LogP contribution >= 0.6 is 39.1 Å². The zero-order chi connectivity index (χ0) is 26.3. The first-order valence-corrected chi connectivity index (χ1v) is 14.5. The standard InChI is InChI=1S/C24H30BrCl2N3O4S/c1-5-22(24(32)28-13-16(2)3)29(14-17-6-11-20(26)21(27)12-17)23(31)15-30(35(4,33)34)19-9-7-18(25)8-10-19/h6-12,16,22H,5,13-15H2,1-4H3,(H,28,32)/t22-/m0/s1. The minimum atomic E-state index is -3.79. The number of amides is 2. The molecule has 2 aromatic carbocycles. The van der Waals surface area contributed by atoms with Crippen molar-refractivity contribution in [2.45, 2.75) is 39.8 Å². The summed E-state index contributed by atoms with van der Waals surface area (Å²) in [5.74, 6) is -0.589. The van der Waals surface area contributed by atoms with Gasteiger partial charge in [-0.3, -0.25) is 13.9 Å². The molecule has 2 amide bonds. The maximum atomic E-state index is 13.6. The number of carbonyl (C=O) groups excluding carboxylic acids is 2. The zero-order valence-electron chi connectivity index (χ0n) is 20.1. The summed E-state index contributed by atoms with van der Waals surface area (Å²) in [6, 6.07) is 10.8. The molecule has 0 bridgehead atoms. The van der Waals surface area contributed by atoms with Crippen LogP contribution in [0.5, 0.6) is 0 Å². The van der Waals surface area contributed by atoms with Gasteiger partial charge in [-0.25, -0.2) is 8.42 Å². The Balaban J connectivity index is 2.43. The third-order valence-electron chi connectivity index (χ3n) is 5.20. The van der Waals surface area contributed by atoms with Crippen molar-refractivity contribution in [1.29, 1.82) is 0 Å². The van der Waals surface area contributed by atoms with E-state index in [2.05, 4.69) is 21.2 Å². The molecule has 0 aromatic heterocycles. The molecule has 11 heteroatoms. The number of carbonyl (C=O) groups is 2. The first-order chi connectivity index (χ1) is 16.3. The van der Waals surface area contributed by atoms with Gasteiger partial charge in [0.25, 0.3) is 0 Å². The number of sulfonamides is 1. The van der Waals surface area contributed by atoms with Crippen LogP contribution in [0.4, 0.5) is 5.69 Å². The lowest BCUT2D eigenvalue weighted by molar-refractivity contribution is -0.140. The fraction of sp³-hybridized carbons (Fsp3) is 0.417. The average molecular weight is 607 g/mol. The fourth-order valence-corrected chi connectivity index (χ4v) is 4.83. The Bertz CT molecular complexity index is 1140. The maximum Gasteiger partial charge on any atom is 0.244 e. The summed E-state index contributed by atoms with van der Waals surface area (Å²) in [6.07, 6.45) is 1.38. The van der Waals surface area contributed by atoms with Crippen LogP contribution in [0, 0.1) is 5.92 Å². The highest BCUT2D eigenvalue weighted by Gasteiger charge is 2.31. The minimum Gasteiger partial charge on any atom is -0.354 e. The van der Waals surface area contributed by atoms with Crippen molar-refractivity contribution in [1.82, 2.24) is 10.2 Å². The summed E-state index contributed by atoms with van der Waals surface area (Å²) < 4.78 is 27.0. The summed E-state index contributed by atoms with van der Waals surface area (Å²) in [5, 5.41) is 3.57. The Morgan fingerprint density at radius 1 is 1.06 bits per heavy atom. The van der Waals surface area contributed by atoms with E-state index in [-0.39, 0.29) is 18.4 Å². The van der Waals surface area contributed by atoms with E-state index in [9.17, 15) is 18.0 Å². The number of hydrogen-bond donors (Lipinski definition) is 1. The molecule has 0 aliphatic carbocycles. The van der Waals surface area contributed by atoms with Gasteiger partial charge >= 0.3 is 0 Å². The lowest BCUT2D eigenvalue weighted by Crippen LogP contribution is -2.52. The summed E-state index contributed by atoms with van der Waals surface area (Å²) >= 11 is 15.5. The van der Waals surface area contributed by atoms with Crippen molar-refractivity contribution in [3.05, 3.63) is 62.5 Å². The van der Waals surface area contributed by atoms with Crippen LogP contribution in [0.25, 0.3) is 0 Å². The van der Waals surface area contributed by atoms with Crippen LogP contribution in [0.3, 0.4) is 0 Å². The van der Waals surface area contributed by atoms with Crippen LogP contribution in [-0.2, 0) is 26.2 Å². The lowest BCUT2D eigenvalue weighted by atomic mass is 10.1. The zero-order valence-corrected chi connectivity index (χ0v) is 24.0. The molecule has 1 atom stereocenters. The maximum absolute atomic E-state index is 13.6. The number of anilines is 1. The molecule has 0 heterocycles. The van der Waals surface area contributed by atoms with Crippen molar-refractivity contribution in [2.75, 3.05) is 23.7 Å². The SMILES string of the molecule is CC[C@@H](C(=O)NCC(C)C)N(Cc1ccc(Cl)c(Cl)c1)C(=O)CN(c1ccc(Br)cc1)S(C)(=O)=O. The van der Waals surface area contributed by atoms with Gasteiger partial charge in [0.05, 0.1) is 22.0 Å². The van der Waals surface area contributed by atoms with Gasteiger partial charge in [-0.05, 0) is 54.3 Å².